The number of hydrogen-bond acceptors (Lipinski definition) is 7. The van der Waals surface area contributed by atoms with Crippen molar-refractivity contribution in [1.82, 2.24) is 14.6 Å². The topological polar surface area (TPSA) is 113 Å². The second kappa shape index (κ2) is 9.82. The van der Waals surface area contributed by atoms with E-state index in [1.807, 2.05) is 19.9 Å². The van der Waals surface area contributed by atoms with Crippen LogP contribution < -0.4 is 10.3 Å². The van der Waals surface area contributed by atoms with Crippen LogP contribution in [0.5, 0.6) is 11.6 Å². The van der Waals surface area contributed by atoms with Gasteiger partial charge in [-0.3, -0.25) is 14.9 Å². The molecule has 0 N–H and O–H groups in total. The molecule has 172 valence electrons. The van der Waals surface area contributed by atoms with Crippen LogP contribution in [-0.4, -0.2) is 25.8 Å². The van der Waals surface area contributed by atoms with E-state index >= 15 is 0 Å². The minimum absolute atomic E-state index is 0.0552. The molecule has 34 heavy (non-hydrogen) atoms. The van der Waals surface area contributed by atoms with Gasteiger partial charge in [0.25, 0.3) is 11.2 Å². The van der Waals surface area contributed by atoms with Gasteiger partial charge in [0.15, 0.2) is 0 Å². The number of halogens is 2. The summed E-state index contributed by atoms with van der Waals surface area (Å²) in [5, 5.41) is 15.7. The Bertz CT molecular complexity index is 1480. The lowest BCUT2D eigenvalue weighted by Gasteiger charge is -2.12. The molecular weight excluding hydrogens is 570 g/mol. The summed E-state index contributed by atoms with van der Waals surface area (Å²) < 4.78 is 8.65. The van der Waals surface area contributed by atoms with Crippen molar-refractivity contribution in [2.75, 3.05) is 0 Å². The first-order valence-electron chi connectivity index (χ1n) is 10.1. The van der Waals surface area contributed by atoms with E-state index in [1.165, 1.54) is 23.0 Å². The van der Waals surface area contributed by atoms with Crippen molar-refractivity contribution >= 4 is 54.7 Å². The van der Waals surface area contributed by atoms with Gasteiger partial charge in [-0.1, -0.05) is 45.7 Å². The lowest BCUT2D eigenvalue weighted by atomic mass is 10.2. The summed E-state index contributed by atoms with van der Waals surface area (Å²) >= 11 is 6.83. The fourth-order valence-corrected chi connectivity index (χ4v) is 3.88. The maximum Gasteiger partial charge on any atom is 0.287 e. The van der Waals surface area contributed by atoms with Gasteiger partial charge in [0.05, 0.1) is 22.0 Å². The number of benzene rings is 2. The number of hydrogen-bond donors (Lipinski definition) is 0. The molecule has 4 rings (SSSR count). The van der Waals surface area contributed by atoms with Crippen LogP contribution in [0.3, 0.4) is 0 Å². The van der Waals surface area contributed by atoms with E-state index in [4.69, 9.17) is 4.74 Å². The lowest BCUT2D eigenvalue weighted by molar-refractivity contribution is -0.385. The van der Waals surface area contributed by atoms with Gasteiger partial charge in [-0.05, 0) is 36.4 Å². The van der Waals surface area contributed by atoms with Gasteiger partial charge in [-0.15, -0.1) is 0 Å². The minimum atomic E-state index is -0.533. The molecule has 0 radical (unpaired) electrons. The number of aromatic nitrogens is 3. The van der Waals surface area contributed by atoms with Gasteiger partial charge in [-0.2, -0.15) is 9.78 Å². The zero-order valence-corrected chi connectivity index (χ0v) is 21.1. The van der Waals surface area contributed by atoms with Crippen LogP contribution in [0.4, 0.5) is 5.69 Å². The van der Waals surface area contributed by atoms with E-state index in [2.05, 4.69) is 46.9 Å². The third-order valence-electron chi connectivity index (χ3n) is 4.78. The Labute approximate surface area is 210 Å². The highest BCUT2D eigenvalue weighted by molar-refractivity contribution is 9.10. The smallest absolute Gasteiger partial charge is 0.287 e. The van der Waals surface area contributed by atoms with Crippen molar-refractivity contribution in [3.63, 3.8) is 0 Å². The van der Waals surface area contributed by atoms with Gasteiger partial charge >= 0.3 is 0 Å². The quantitative estimate of drug-likeness (QED) is 0.155. The van der Waals surface area contributed by atoms with Gasteiger partial charge in [0.1, 0.15) is 17.8 Å². The number of fused-ring (bicyclic) bond motifs is 1. The van der Waals surface area contributed by atoms with E-state index in [-0.39, 0.29) is 23.0 Å². The van der Waals surface area contributed by atoms with Gasteiger partial charge < -0.3 is 4.74 Å². The van der Waals surface area contributed by atoms with Crippen LogP contribution in [0, 0.1) is 10.1 Å². The van der Waals surface area contributed by atoms with Gasteiger partial charge in [-0.25, -0.2) is 9.97 Å². The fraction of sp³-hybridized carbons (Fsp3) is 0.130. The molecule has 2 heterocycles. The molecule has 11 heteroatoms. The summed E-state index contributed by atoms with van der Waals surface area (Å²) in [5.41, 5.74) is 0.728. The summed E-state index contributed by atoms with van der Waals surface area (Å²) in [4.78, 5) is 32.2. The largest absolute Gasteiger partial charge is 0.438 e. The van der Waals surface area contributed by atoms with Crippen molar-refractivity contribution in [2.45, 2.75) is 19.8 Å². The Hall–Kier alpha value is -3.44. The van der Waals surface area contributed by atoms with E-state index in [0.29, 0.717) is 28.0 Å². The molecule has 0 aliphatic rings. The third-order valence-corrected chi connectivity index (χ3v) is 5.77. The van der Waals surface area contributed by atoms with Crippen LogP contribution in [0.1, 0.15) is 31.2 Å². The summed E-state index contributed by atoms with van der Waals surface area (Å²) in [6, 6.07) is 13.3. The van der Waals surface area contributed by atoms with Crippen LogP contribution in [0.25, 0.3) is 10.9 Å². The monoisotopic (exact) mass is 585 g/mol. The number of pyridine rings is 1. The first-order valence-corrected chi connectivity index (χ1v) is 11.7. The van der Waals surface area contributed by atoms with Gasteiger partial charge in [0, 0.05) is 32.6 Å². The Morgan fingerprint density at radius 3 is 2.53 bits per heavy atom. The predicted octanol–water partition coefficient (Wildman–Crippen LogP) is 6.02. The Balaban J connectivity index is 1.76. The molecule has 0 unspecified atom stereocenters. The molecule has 0 bridgehead atoms. The summed E-state index contributed by atoms with van der Waals surface area (Å²) in [5.74, 6) is 1.05. The highest BCUT2D eigenvalue weighted by atomic mass is 79.9. The number of ether oxygens (including phenoxy) is 1. The van der Waals surface area contributed by atoms with E-state index in [1.54, 1.807) is 30.3 Å². The highest BCUT2D eigenvalue weighted by Gasteiger charge is 2.14. The van der Waals surface area contributed by atoms with Crippen LogP contribution in [0.15, 0.2) is 73.6 Å². The molecule has 2 aromatic heterocycles. The molecule has 0 saturated carbocycles. The normalized spacial score (nSPS) is 11.4. The summed E-state index contributed by atoms with van der Waals surface area (Å²) in [6.07, 6.45) is 2.62. The van der Waals surface area contributed by atoms with E-state index in [9.17, 15) is 14.9 Å². The SMILES string of the molecule is CC(C)c1nc2ccc(Br)cc2c(=O)n1N=Cc1cc(Br)ccc1Oc1ccc([N+](=O)[O-])cn1. The lowest BCUT2D eigenvalue weighted by Crippen LogP contribution is -2.23. The third kappa shape index (κ3) is 5.05. The molecular formula is C23H17Br2N5O4. The molecule has 0 amide bonds. The van der Waals surface area contributed by atoms with Crippen molar-refractivity contribution in [2.24, 2.45) is 5.10 Å². The molecule has 0 atom stereocenters. The maximum absolute atomic E-state index is 13.2. The first-order chi connectivity index (χ1) is 16.2. The van der Waals surface area contributed by atoms with Crippen LogP contribution in [0.2, 0.25) is 0 Å². The average molecular weight is 587 g/mol. The molecule has 0 aliphatic heterocycles. The van der Waals surface area contributed by atoms with Crippen molar-refractivity contribution in [3.05, 3.63) is 95.5 Å². The van der Waals surface area contributed by atoms with Crippen LogP contribution in [-0.2, 0) is 0 Å². The van der Waals surface area contributed by atoms with Gasteiger partial charge in [0.2, 0.25) is 5.88 Å². The molecule has 0 spiro atoms. The molecule has 2 aromatic carbocycles. The zero-order valence-electron chi connectivity index (χ0n) is 18.0. The van der Waals surface area contributed by atoms with Crippen molar-refractivity contribution in [1.29, 1.82) is 0 Å². The predicted molar refractivity (Wildman–Crippen MR) is 136 cm³/mol. The fourth-order valence-electron chi connectivity index (χ4n) is 3.14. The molecule has 4 aromatic rings. The summed E-state index contributed by atoms with van der Waals surface area (Å²) in [6.45, 7) is 3.87. The maximum atomic E-state index is 13.2. The standard InChI is InChI=1S/C23H17Br2N5O4/c1-13(2)22-28-19-6-3-16(25)10-18(19)23(31)29(22)27-11-14-9-15(24)4-7-20(14)34-21-8-5-17(12-26-21)30(32)33/h3-13H,1-2H3. The number of nitrogens with zero attached hydrogens (tertiary/aromatic N) is 5. The van der Waals surface area contributed by atoms with Crippen LogP contribution >= 0.6 is 31.9 Å². The molecule has 0 aliphatic carbocycles. The Morgan fingerprint density at radius 2 is 1.85 bits per heavy atom. The molecule has 9 nitrogen and oxygen atoms in total. The first kappa shape index (κ1) is 23.7. The van der Waals surface area contributed by atoms with Crippen molar-refractivity contribution in [3.8, 4) is 11.6 Å². The highest BCUT2D eigenvalue weighted by Crippen LogP contribution is 2.27. The Morgan fingerprint density at radius 1 is 1.12 bits per heavy atom. The van der Waals surface area contributed by atoms with E-state index < -0.39 is 4.92 Å². The Kier molecular flexibility index (Phi) is 6.85. The second-order valence-corrected chi connectivity index (χ2v) is 9.38. The number of rotatable bonds is 6. The zero-order chi connectivity index (χ0) is 24.4. The second-order valence-electron chi connectivity index (χ2n) is 7.54. The summed E-state index contributed by atoms with van der Waals surface area (Å²) in [7, 11) is 0. The van der Waals surface area contributed by atoms with Crippen molar-refractivity contribution < 1.29 is 9.66 Å². The molecule has 0 fully saturated rings. The minimum Gasteiger partial charge on any atom is -0.438 e. The van der Waals surface area contributed by atoms with E-state index in [0.717, 1.165) is 15.1 Å². The number of nitro groups is 1. The molecule has 0 saturated heterocycles. The average Bonchev–Trinajstić information content (AvgIpc) is 2.80.